The van der Waals surface area contributed by atoms with Crippen LogP contribution in [0.1, 0.15) is 41.5 Å². The van der Waals surface area contributed by atoms with Crippen LogP contribution in [0.25, 0.3) is 0 Å². The van der Waals surface area contributed by atoms with Gasteiger partial charge in [0.15, 0.2) is 0 Å². The van der Waals surface area contributed by atoms with E-state index in [2.05, 4.69) is 4.98 Å². The zero-order chi connectivity index (χ0) is 14.0. The minimum Gasteiger partial charge on any atom is -0.399 e. The molecule has 1 aliphatic heterocycles. The van der Waals surface area contributed by atoms with Crippen molar-refractivity contribution >= 4 is 18.4 Å². The minimum absolute atomic E-state index is 0.320. The molecule has 1 fully saturated rings. The van der Waals surface area contributed by atoms with Crippen LogP contribution in [0.3, 0.4) is 0 Å². The first-order valence-electron chi connectivity index (χ1n) is 6.39. The highest BCUT2D eigenvalue weighted by molar-refractivity contribution is 6.62. The number of aromatic nitrogens is 1. The predicted octanol–water partition coefficient (Wildman–Crippen LogP) is 1.99. The number of nitrogens with zero attached hydrogens (tertiary/aromatic N) is 1. The van der Waals surface area contributed by atoms with Crippen LogP contribution < -0.4 is 11.2 Å². The molecule has 2 rings (SSSR count). The zero-order valence-corrected chi connectivity index (χ0v) is 12.2. The molecule has 18 heavy (non-hydrogen) atoms. The summed E-state index contributed by atoms with van der Waals surface area (Å²) < 4.78 is 11.8. The Bertz CT molecular complexity index is 374. The predicted molar refractivity (Wildman–Crippen MR) is 75.7 cm³/mol. The van der Waals surface area contributed by atoms with Crippen LogP contribution in [0.5, 0.6) is 0 Å². The maximum absolute atomic E-state index is 5.89. The fourth-order valence-corrected chi connectivity index (χ4v) is 1.54. The van der Waals surface area contributed by atoms with Gasteiger partial charge in [-0.3, -0.25) is 0 Å². The van der Waals surface area contributed by atoms with Gasteiger partial charge in [0, 0.05) is 11.7 Å². The van der Waals surface area contributed by atoms with E-state index in [0.717, 1.165) is 5.46 Å². The van der Waals surface area contributed by atoms with Crippen LogP contribution in [-0.4, -0.2) is 23.3 Å². The second-order valence-corrected chi connectivity index (χ2v) is 5.10. The Hall–Kier alpha value is -1.07. The summed E-state index contributed by atoms with van der Waals surface area (Å²) in [6.07, 6.45) is 1.69. The van der Waals surface area contributed by atoms with Crippen molar-refractivity contribution in [1.82, 2.24) is 4.98 Å². The second kappa shape index (κ2) is 5.28. The molecule has 1 aromatic heterocycles. The summed E-state index contributed by atoms with van der Waals surface area (Å²) in [5, 5.41) is 0. The normalized spacial score (nSPS) is 20.2. The van der Waals surface area contributed by atoms with Crippen molar-refractivity contribution in [1.29, 1.82) is 0 Å². The van der Waals surface area contributed by atoms with Crippen molar-refractivity contribution in [2.24, 2.45) is 0 Å². The maximum atomic E-state index is 5.89. The van der Waals surface area contributed by atoms with E-state index in [1.807, 2.05) is 47.6 Å². The topological polar surface area (TPSA) is 57.4 Å². The number of nitrogens with two attached hydrogens (primary N) is 1. The first kappa shape index (κ1) is 15.0. The molecule has 2 N–H and O–H groups in total. The lowest BCUT2D eigenvalue weighted by molar-refractivity contribution is 0.00578. The molecule has 0 aromatic carbocycles. The van der Waals surface area contributed by atoms with Gasteiger partial charge < -0.3 is 15.0 Å². The molecule has 5 heteroatoms. The number of hydrogen-bond acceptors (Lipinski definition) is 4. The Labute approximate surface area is 110 Å². The molecular formula is C13H23BN2O2. The SMILES string of the molecule is CC.CC1(C)OB(c2ccc(N)nc2)OC1(C)C. The molecule has 2 heterocycles. The quantitative estimate of drug-likeness (QED) is 0.774. The maximum Gasteiger partial charge on any atom is 0.496 e. The average molecular weight is 250 g/mol. The van der Waals surface area contributed by atoms with E-state index in [1.165, 1.54) is 0 Å². The van der Waals surface area contributed by atoms with Gasteiger partial charge in [-0.15, -0.1) is 0 Å². The summed E-state index contributed by atoms with van der Waals surface area (Å²) in [4.78, 5) is 4.04. The van der Waals surface area contributed by atoms with Gasteiger partial charge in [0.2, 0.25) is 0 Å². The molecule has 0 aliphatic carbocycles. The number of anilines is 1. The van der Waals surface area contributed by atoms with Gasteiger partial charge in [-0.2, -0.15) is 0 Å². The molecule has 100 valence electrons. The summed E-state index contributed by atoms with van der Waals surface area (Å²) in [5.74, 6) is 0.500. The first-order valence-corrected chi connectivity index (χ1v) is 6.39. The van der Waals surface area contributed by atoms with E-state index >= 15 is 0 Å². The third-order valence-electron chi connectivity index (χ3n) is 3.33. The van der Waals surface area contributed by atoms with E-state index in [1.54, 1.807) is 12.3 Å². The van der Waals surface area contributed by atoms with Gasteiger partial charge in [-0.05, 0) is 33.8 Å². The van der Waals surface area contributed by atoms with Crippen molar-refractivity contribution in [3.63, 3.8) is 0 Å². The summed E-state index contributed by atoms with van der Waals surface area (Å²) in [7, 11) is -0.363. The lowest BCUT2D eigenvalue weighted by atomic mass is 9.80. The summed E-state index contributed by atoms with van der Waals surface area (Å²) >= 11 is 0. The Balaban J connectivity index is 0.000000771. The summed E-state index contributed by atoms with van der Waals surface area (Å²) in [5.41, 5.74) is 5.79. The molecule has 0 amide bonds. The van der Waals surface area contributed by atoms with E-state index in [4.69, 9.17) is 15.0 Å². The average Bonchev–Trinajstić information content (AvgIpc) is 2.52. The monoisotopic (exact) mass is 250 g/mol. The highest BCUT2D eigenvalue weighted by atomic mass is 16.7. The lowest BCUT2D eigenvalue weighted by Gasteiger charge is -2.32. The molecule has 1 aromatic rings. The molecule has 0 bridgehead atoms. The van der Waals surface area contributed by atoms with E-state index < -0.39 is 0 Å². The molecular weight excluding hydrogens is 227 g/mol. The van der Waals surface area contributed by atoms with Crippen LogP contribution in [0.2, 0.25) is 0 Å². The lowest BCUT2D eigenvalue weighted by Crippen LogP contribution is -2.41. The van der Waals surface area contributed by atoms with Gasteiger partial charge in [-0.25, -0.2) is 4.98 Å². The Morgan fingerprint density at radius 3 is 1.94 bits per heavy atom. The van der Waals surface area contributed by atoms with Crippen molar-refractivity contribution in [2.45, 2.75) is 52.7 Å². The smallest absolute Gasteiger partial charge is 0.399 e. The molecule has 1 saturated heterocycles. The Morgan fingerprint density at radius 2 is 1.56 bits per heavy atom. The summed E-state index contributed by atoms with van der Waals surface area (Å²) in [6.45, 7) is 12.1. The van der Waals surface area contributed by atoms with E-state index in [9.17, 15) is 0 Å². The third-order valence-corrected chi connectivity index (χ3v) is 3.33. The van der Waals surface area contributed by atoms with Crippen LogP contribution >= 0.6 is 0 Å². The fraction of sp³-hybridized carbons (Fsp3) is 0.615. The van der Waals surface area contributed by atoms with Crippen molar-refractivity contribution in [2.75, 3.05) is 5.73 Å². The molecule has 0 spiro atoms. The number of pyridine rings is 1. The number of rotatable bonds is 1. The third kappa shape index (κ3) is 2.84. The zero-order valence-electron chi connectivity index (χ0n) is 12.2. The first-order chi connectivity index (χ1) is 8.32. The Morgan fingerprint density at radius 1 is 1.06 bits per heavy atom. The van der Waals surface area contributed by atoms with Gasteiger partial charge in [-0.1, -0.05) is 19.9 Å². The van der Waals surface area contributed by atoms with Crippen LogP contribution in [0.4, 0.5) is 5.82 Å². The molecule has 0 radical (unpaired) electrons. The van der Waals surface area contributed by atoms with Gasteiger partial charge >= 0.3 is 7.12 Å². The van der Waals surface area contributed by atoms with Crippen LogP contribution in [-0.2, 0) is 9.31 Å². The molecule has 4 nitrogen and oxygen atoms in total. The highest BCUT2D eigenvalue weighted by Crippen LogP contribution is 2.36. The number of hydrogen-bond donors (Lipinski definition) is 1. The molecule has 0 atom stereocenters. The largest absolute Gasteiger partial charge is 0.496 e. The highest BCUT2D eigenvalue weighted by Gasteiger charge is 2.51. The fourth-order valence-electron chi connectivity index (χ4n) is 1.54. The van der Waals surface area contributed by atoms with Gasteiger partial charge in [0.05, 0.1) is 11.2 Å². The standard InChI is InChI=1S/C11H17BN2O2.C2H6/c1-10(2)11(3,4)16-12(15-10)8-5-6-9(13)14-7-8;1-2/h5-7H,1-4H3,(H2,13,14);1-2H3. The van der Waals surface area contributed by atoms with Crippen molar-refractivity contribution in [3.8, 4) is 0 Å². The van der Waals surface area contributed by atoms with Crippen molar-refractivity contribution in [3.05, 3.63) is 18.3 Å². The van der Waals surface area contributed by atoms with E-state index in [-0.39, 0.29) is 18.3 Å². The summed E-state index contributed by atoms with van der Waals surface area (Å²) in [6, 6.07) is 3.63. The van der Waals surface area contributed by atoms with E-state index in [0.29, 0.717) is 5.82 Å². The van der Waals surface area contributed by atoms with Gasteiger partial charge in [0.25, 0.3) is 0 Å². The van der Waals surface area contributed by atoms with Crippen molar-refractivity contribution < 1.29 is 9.31 Å². The molecule has 0 saturated carbocycles. The minimum atomic E-state index is -0.363. The van der Waals surface area contributed by atoms with Crippen LogP contribution in [0, 0.1) is 0 Å². The molecule has 1 aliphatic rings. The second-order valence-electron chi connectivity index (χ2n) is 5.10. The number of nitrogen functional groups attached to an aromatic ring is 1. The molecule has 0 unspecified atom stereocenters. The Kier molecular flexibility index (Phi) is 4.40. The van der Waals surface area contributed by atoms with Gasteiger partial charge in [0.1, 0.15) is 5.82 Å². The van der Waals surface area contributed by atoms with Crippen LogP contribution in [0.15, 0.2) is 18.3 Å².